The van der Waals surface area contributed by atoms with Crippen LogP contribution in [0.25, 0.3) is 0 Å². The average Bonchev–Trinajstić information content (AvgIpc) is 2.25. The van der Waals surface area contributed by atoms with Gasteiger partial charge in [-0.2, -0.15) is 12.6 Å². The molecule has 0 aliphatic heterocycles. The van der Waals surface area contributed by atoms with E-state index < -0.39 is 17.9 Å². The predicted molar refractivity (Wildman–Crippen MR) is 64.2 cm³/mol. The van der Waals surface area contributed by atoms with Crippen LogP contribution in [0.2, 0.25) is 5.02 Å². The molecule has 1 aromatic carbocycles. The molecule has 0 heterocycles. The lowest BCUT2D eigenvalue weighted by molar-refractivity contribution is -0.138. The Morgan fingerprint density at radius 2 is 2.06 bits per heavy atom. The molecular weight excluding hydrogens is 250 g/mol. The highest BCUT2D eigenvalue weighted by Crippen LogP contribution is 2.14. The molecule has 1 atom stereocenters. The number of rotatable bonds is 4. The van der Waals surface area contributed by atoms with Gasteiger partial charge in [-0.05, 0) is 12.1 Å². The molecule has 0 spiro atoms. The van der Waals surface area contributed by atoms with Gasteiger partial charge < -0.3 is 10.4 Å². The van der Waals surface area contributed by atoms with Crippen molar-refractivity contribution in [1.82, 2.24) is 5.32 Å². The number of carbonyl (C=O) groups excluding carboxylic acids is 1. The zero-order chi connectivity index (χ0) is 12.1. The third-order valence-corrected chi connectivity index (χ3v) is 2.60. The molecule has 0 radical (unpaired) electrons. The molecule has 4 nitrogen and oxygen atoms in total. The summed E-state index contributed by atoms with van der Waals surface area (Å²) < 4.78 is 0. The monoisotopic (exact) mass is 259 g/mol. The van der Waals surface area contributed by atoms with Gasteiger partial charge in [-0.15, -0.1) is 0 Å². The molecule has 86 valence electrons. The van der Waals surface area contributed by atoms with Crippen LogP contribution < -0.4 is 5.32 Å². The van der Waals surface area contributed by atoms with Gasteiger partial charge in [0.1, 0.15) is 6.04 Å². The molecule has 6 heteroatoms. The number of halogens is 1. The van der Waals surface area contributed by atoms with Crippen LogP contribution in [-0.2, 0) is 4.79 Å². The number of hydrogen-bond acceptors (Lipinski definition) is 3. The van der Waals surface area contributed by atoms with E-state index in [0.717, 1.165) is 0 Å². The van der Waals surface area contributed by atoms with Gasteiger partial charge in [0, 0.05) is 5.75 Å². The fourth-order valence-corrected chi connectivity index (χ4v) is 1.54. The molecule has 0 aliphatic rings. The van der Waals surface area contributed by atoms with Gasteiger partial charge in [-0.3, -0.25) is 4.79 Å². The molecule has 0 bridgehead atoms. The normalized spacial score (nSPS) is 11.9. The smallest absolute Gasteiger partial charge is 0.327 e. The van der Waals surface area contributed by atoms with Gasteiger partial charge in [0.2, 0.25) is 0 Å². The van der Waals surface area contributed by atoms with Crippen LogP contribution in [0, 0.1) is 0 Å². The number of carbonyl (C=O) groups is 2. The maximum absolute atomic E-state index is 11.6. The molecule has 1 rings (SSSR count). The maximum atomic E-state index is 11.6. The first kappa shape index (κ1) is 12.9. The van der Waals surface area contributed by atoms with Crippen LogP contribution in [0.3, 0.4) is 0 Å². The minimum Gasteiger partial charge on any atom is -0.480 e. The van der Waals surface area contributed by atoms with Crippen molar-refractivity contribution in [2.45, 2.75) is 6.04 Å². The maximum Gasteiger partial charge on any atom is 0.327 e. The van der Waals surface area contributed by atoms with Crippen molar-refractivity contribution in [1.29, 1.82) is 0 Å². The van der Waals surface area contributed by atoms with E-state index in [1.54, 1.807) is 18.2 Å². The Kier molecular flexibility index (Phi) is 4.64. The summed E-state index contributed by atoms with van der Waals surface area (Å²) in [5.74, 6) is -1.63. The van der Waals surface area contributed by atoms with Crippen molar-refractivity contribution in [2.24, 2.45) is 0 Å². The highest BCUT2D eigenvalue weighted by atomic mass is 35.5. The SMILES string of the molecule is O=C(N[C@@H](CS)C(=O)O)c1ccccc1Cl. The Hall–Kier alpha value is -1.20. The fraction of sp³-hybridized carbons (Fsp3) is 0.200. The molecule has 2 N–H and O–H groups in total. The summed E-state index contributed by atoms with van der Waals surface area (Å²) >= 11 is 9.64. The first-order chi connectivity index (χ1) is 7.56. The van der Waals surface area contributed by atoms with Crippen molar-refractivity contribution in [3.63, 3.8) is 0 Å². The average molecular weight is 260 g/mol. The molecule has 0 unspecified atom stereocenters. The molecule has 0 saturated carbocycles. The summed E-state index contributed by atoms with van der Waals surface area (Å²) in [6.45, 7) is 0. The van der Waals surface area contributed by atoms with E-state index in [1.807, 2.05) is 0 Å². The number of carboxylic acid groups (broad SMARTS) is 1. The molecule has 1 aromatic rings. The molecule has 0 aromatic heterocycles. The summed E-state index contributed by atoms with van der Waals surface area (Å²) in [5, 5.41) is 11.3. The number of thiol groups is 1. The Labute approximate surface area is 103 Å². The molecule has 0 fully saturated rings. The molecule has 0 saturated heterocycles. The van der Waals surface area contributed by atoms with Gasteiger partial charge in [-0.25, -0.2) is 4.79 Å². The minimum atomic E-state index is -1.13. The second-order valence-electron chi connectivity index (χ2n) is 3.03. The third kappa shape index (κ3) is 3.15. The highest BCUT2D eigenvalue weighted by Gasteiger charge is 2.19. The van der Waals surface area contributed by atoms with Gasteiger partial charge in [0.05, 0.1) is 10.6 Å². The molecule has 16 heavy (non-hydrogen) atoms. The van der Waals surface area contributed by atoms with Crippen molar-refractivity contribution >= 4 is 36.1 Å². The van der Waals surface area contributed by atoms with E-state index in [2.05, 4.69) is 17.9 Å². The summed E-state index contributed by atoms with van der Waals surface area (Å²) in [6, 6.07) is 5.40. The second-order valence-corrected chi connectivity index (χ2v) is 3.80. The van der Waals surface area contributed by atoms with Crippen LogP contribution in [0.15, 0.2) is 24.3 Å². The molecule has 1 amide bonds. The highest BCUT2D eigenvalue weighted by molar-refractivity contribution is 7.80. The standard InChI is InChI=1S/C10H10ClNO3S/c11-7-4-2-1-3-6(7)9(13)12-8(5-16)10(14)15/h1-4,8,16H,5H2,(H,12,13)(H,14,15)/t8-/m0/s1. The van der Waals surface area contributed by atoms with Gasteiger partial charge in [0.25, 0.3) is 5.91 Å². The van der Waals surface area contributed by atoms with Gasteiger partial charge in [-0.1, -0.05) is 23.7 Å². The van der Waals surface area contributed by atoms with E-state index in [1.165, 1.54) is 6.07 Å². The summed E-state index contributed by atoms with van der Waals surface area (Å²) in [5.41, 5.74) is 0.247. The van der Waals surface area contributed by atoms with Gasteiger partial charge >= 0.3 is 5.97 Å². The van der Waals surface area contributed by atoms with Crippen molar-refractivity contribution in [2.75, 3.05) is 5.75 Å². The zero-order valence-electron chi connectivity index (χ0n) is 8.18. The first-order valence-corrected chi connectivity index (χ1v) is 5.46. The lowest BCUT2D eigenvalue weighted by atomic mass is 10.2. The van der Waals surface area contributed by atoms with E-state index >= 15 is 0 Å². The van der Waals surface area contributed by atoms with E-state index in [0.29, 0.717) is 0 Å². The Morgan fingerprint density at radius 3 is 2.56 bits per heavy atom. The predicted octanol–water partition coefficient (Wildman–Crippen LogP) is 1.45. The quantitative estimate of drug-likeness (QED) is 0.717. The van der Waals surface area contributed by atoms with Crippen LogP contribution in [0.5, 0.6) is 0 Å². The van der Waals surface area contributed by atoms with Crippen LogP contribution in [-0.4, -0.2) is 28.8 Å². The number of hydrogen-bond donors (Lipinski definition) is 3. The van der Waals surface area contributed by atoms with Crippen molar-refractivity contribution in [3.05, 3.63) is 34.9 Å². The summed E-state index contributed by atoms with van der Waals surface area (Å²) in [7, 11) is 0. The number of amides is 1. The Morgan fingerprint density at radius 1 is 1.44 bits per heavy atom. The number of aliphatic carboxylic acids is 1. The van der Waals surface area contributed by atoms with Crippen LogP contribution >= 0.6 is 24.2 Å². The van der Waals surface area contributed by atoms with Crippen LogP contribution in [0.1, 0.15) is 10.4 Å². The lowest BCUT2D eigenvalue weighted by Gasteiger charge is -2.12. The van der Waals surface area contributed by atoms with E-state index in [4.69, 9.17) is 16.7 Å². The van der Waals surface area contributed by atoms with Gasteiger partial charge in [0.15, 0.2) is 0 Å². The fourth-order valence-electron chi connectivity index (χ4n) is 1.07. The molecular formula is C10H10ClNO3S. The Balaban J connectivity index is 2.80. The van der Waals surface area contributed by atoms with E-state index in [-0.39, 0.29) is 16.3 Å². The summed E-state index contributed by atoms with van der Waals surface area (Å²) in [4.78, 5) is 22.3. The molecule has 0 aliphatic carbocycles. The minimum absolute atomic E-state index is 0.0194. The summed E-state index contributed by atoms with van der Waals surface area (Å²) in [6.07, 6.45) is 0. The van der Waals surface area contributed by atoms with E-state index in [9.17, 15) is 9.59 Å². The number of nitrogens with one attached hydrogen (secondary N) is 1. The van der Waals surface area contributed by atoms with Crippen molar-refractivity contribution in [3.8, 4) is 0 Å². The lowest BCUT2D eigenvalue weighted by Crippen LogP contribution is -2.42. The Bertz CT molecular complexity index is 411. The topological polar surface area (TPSA) is 66.4 Å². The first-order valence-electron chi connectivity index (χ1n) is 4.45. The number of benzene rings is 1. The third-order valence-electron chi connectivity index (χ3n) is 1.90. The van der Waals surface area contributed by atoms with Crippen LogP contribution in [0.4, 0.5) is 0 Å². The second kappa shape index (κ2) is 5.77. The number of carboxylic acids is 1. The zero-order valence-corrected chi connectivity index (χ0v) is 9.83. The van der Waals surface area contributed by atoms with Crippen molar-refractivity contribution < 1.29 is 14.7 Å². The largest absolute Gasteiger partial charge is 0.480 e.